The number of rotatable bonds is 11. The lowest BCUT2D eigenvalue weighted by Crippen LogP contribution is -2.36. The molecule has 1 saturated carbocycles. The van der Waals surface area contributed by atoms with E-state index in [9.17, 15) is 18.0 Å². The monoisotopic (exact) mass is 606 g/mol. The van der Waals surface area contributed by atoms with Gasteiger partial charge in [0.1, 0.15) is 12.4 Å². The Kier molecular flexibility index (Phi) is 9.08. The van der Waals surface area contributed by atoms with E-state index in [1.807, 2.05) is 60.4 Å². The quantitative estimate of drug-likeness (QED) is 0.214. The van der Waals surface area contributed by atoms with Gasteiger partial charge in [0.25, 0.3) is 10.1 Å². The van der Waals surface area contributed by atoms with Gasteiger partial charge in [0.05, 0.1) is 12.4 Å². The van der Waals surface area contributed by atoms with Crippen LogP contribution in [-0.2, 0) is 26.3 Å². The van der Waals surface area contributed by atoms with Gasteiger partial charge in [0, 0.05) is 25.2 Å². The summed E-state index contributed by atoms with van der Waals surface area (Å²) in [5.41, 5.74) is 7.25. The molecule has 1 aliphatic carbocycles. The number of benzene rings is 3. The first-order valence-corrected chi connectivity index (χ1v) is 16.2. The number of nitrogens with one attached hydrogen (secondary N) is 1. The second-order valence-electron chi connectivity index (χ2n) is 11.4. The zero-order chi connectivity index (χ0) is 30.7. The van der Waals surface area contributed by atoms with E-state index in [2.05, 4.69) is 31.3 Å². The predicted molar refractivity (Wildman–Crippen MR) is 165 cm³/mol. The molecule has 0 aromatic heterocycles. The highest BCUT2D eigenvalue weighted by Gasteiger charge is 2.54. The molecule has 1 aliphatic heterocycles. The summed E-state index contributed by atoms with van der Waals surface area (Å²) in [5, 5.41) is 2.31. The summed E-state index contributed by atoms with van der Waals surface area (Å²) in [6.45, 7) is 7.30. The number of fused-ring (bicyclic) bond motifs is 3. The first-order chi connectivity index (χ1) is 20.5. The largest absolute Gasteiger partial charge is 0.493 e. The normalized spacial score (nSPS) is 18.8. The summed E-state index contributed by atoms with van der Waals surface area (Å²) in [5.74, 6) is 1.65. The number of carbonyl (C=O) groups excluding carboxylic acids is 2. The third-order valence-electron chi connectivity index (χ3n) is 8.55. The van der Waals surface area contributed by atoms with Gasteiger partial charge in [-0.3, -0.25) is 9.35 Å². The summed E-state index contributed by atoms with van der Waals surface area (Å²) in [7, 11) is -4.17. The lowest BCUT2D eigenvalue weighted by Gasteiger charge is -2.31. The molecule has 1 heterocycles. The lowest BCUT2D eigenvalue weighted by molar-refractivity contribution is -0.119. The van der Waals surface area contributed by atoms with Crippen LogP contribution in [0.1, 0.15) is 47.9 Å². The summed E-state index contributed by atoms with van der Waals surface area (Å²) >= 11 is 0. The Hall–Kier alpha value is -3.89. The molecule has 228 valence electrons. The first-order valence-electron chi connectivity index (χ1n) is 14.6. The average molecular weight is 607 g/mol. The maximum Gasteiger partial charge on any atom is 0.407 e. The van der Waals surface area contributed by atoms with Crippen molar-refractivity contribution in [2.75, 3.05) is 30.3 Å². The number of alkyl carbamates (subject to hydrolysis) is 1. The van der Waals surface area contributed by atoms with Crippen LogP contribution in [0.4, 0.5) is 10.5 Å². The Balaban J connectivity index is 1.26. The molecule has 0 radical (unpaired) electrons. The van der Waals surface area contributed by atoms with Gasteiger partial charge < -0.3 is 19.7 Å². The number of nitrogens with zero attached hydrogens (tertiary/aromatic N) is 1. The van der Waals surface area contributed by atoms with Crippen molar-refractivity contribution in [1.82, 2.24) is 5.32 Å². The number of aryl methyl sites for hydroxylation is 1. The van der Waals surface area contributed by atoms with Crippen LogP contribution >= 0.6 is 0 Å². The smallest absolute Gasteiger partial charge is 0.407 e. The molecule has 0 bridgehead atoms. The number of hydrogen-bond acceptors (Lipinski definition) is 6. The Morgan fingerprint density at radius 1 is 1.07 bits per heavy atom. The minimum Gasteiger partial charge on any atom is -0.493 e. The highest BCUT2D eigenvalue weighted by Crippen LogP contribution is 2.61. The van der Waals surface area contributed by atoms with Crippen LogP contribution in [0.25, 0.3) is 11.1 Å². The second kappa shape index (κ2) is 12.8. The van der Waals surface area contributed by atoms with Gasteiger partial charge in [-0.1, -0.05) is 49.4 Å². The summed E-state index contributed by atoms with van der Waals surface area (Å²) < 4.78 is 41.7. The van der Waals surface area contributed by atoms with Crippen LogP contribution < -0.4 is 15.0 Å². The standard InChI is InChI=1S/C33H38N2O7S/c1-21-8-4-13-29(22(21)2)41-16-7-14-30(36)35-19-27-23(3)31(27)32-26(11-6-12-28(32)35)25-10-5-9-24(18-25)20-42-33(37)34-15-17-43(38,39)40/h4-6,8-13,18,23,27,31H,7,14-17,19-20H2,1-3H3,(H,34,37)(H,38,39,40)/t23-,27?,31?/m0/s1. The highest BCUT2D eigenvalue weighted by molar-refractivity contribution is 7.85. The minimum atomic E-state index is -4.17. The molecule has 2 N–H and O–H groups in total. The molecule has 1 fully saturated rings. The molecular weight excluding hydrogens is 568 g/mol. The summed E-state index contributed by atoms with van der Waals surface area (Å²) in [6.07, 6.45) is 0.265. The molecular formula is C33H38N2O7S. The van der Waals surface area contributed by atoms with Crippen molar-refractivity contribution < 1.29 is 32.0 Å². The van der Waals surface area contributed by atoms with Gasteiger partial charge in [0.15, 0.2) is 0 Å². The zero-order valence-corrected chi connectivity index (χ0v) is 25.5. The molecule has 10 heteroatoms. The van der Waals surface area contributed by atoms with Crippen molar-refractivity contribution in [3.63, 3.8) is 0 Å². The Bertz CT molecular complexity index is 1620. The van der Waals surface area contributed by atoms with E-state index in [4.69, 9.17) is 14.0 Å². The van der Waals surface area contributed by atoms with E-state index in [1.165, 1.54) is 11.1 Å². The Morgan fingerprint density at radius 3 is 2.63 bits per heavy atom. The zero-order valence-electron chi connectivity index (χ0n) is 24.7. The molecule has 3 aromatic carbocycles. The third-order valence-corrected chi connectivity index (χ3v) is 9.27. The maximum absolute atomic E-state index is 13.5. The molecule has 9 nitrogen and oxygen atoms in total. The molecule has 43 heavy (non-hydrogen) atoms. The number of carbonyl (C=O) groups is 2. The van der Waals surface area contributed by atoms with Crippen molar-refractivity contribution in [1.29, 1.82) is 0 Å². The molecule has 0 saturated heterocycles. The van der Waals surface area contributed by atoms with E-state index < -0.39 is 22.0 Å². The van der Waals surface area contributed by atoms with E-state index in [-0.39, 0.29) is 19.1 Å². The topological polar surface area (TPSA) is 122 Å². The molecule has 5 rings (SSSR count). The van der Waals surface area contributed by atoms with Crippen molar-refractivity contribution >= 4 is 27.8 Å². The Labute approximate surface area is 252 Å². The van der Waals surface area contributed by atoms with Gasteiger partial charge in [-0.05, 0) is 89.6 Å². The number of ether oxygens (including phenoxy) is 2. The van der Waals surface area contributed by atoms with Gasteiger partial charge >= 0.3 is 6.09 Å². The molecule has 2 aliphatic rings. The molecule has 3 atom stereocenters. The minimum absolute atomic E-state index is 0.00220. The van der Waals surface area contributed by atoms with E-state index in [0.717, 1.165) is 40.2 Å². The number of hydrogen-bond donors (Lipinski definition) is 2. The average Bonchev–Trinajstić information content (AvgIpc) is 3.64. The van der Waals surface area contributed by atoms with Crippen LogP contribution in [0.15, 0.2) is 60.7 Å². The summed E-state index contributed by atoms with van der Waals surface area (Å²) in [6, 6.07) is 19.8. The number of amides is 2. The van der Waals surface area contributed by atoms with Gasteiger partial charge in [-0.2, -0.15) is 8.42 Å². The van der Waals surface area contributed by atoms with Gasteiger partial charge in [-0.25, -0.2) is 4.79 Å². The van der Waals surface area contributed by atoms with Crippen molar-refractivity contribution in [2.45, 2.75) is 46.1 Å². The summed E-state index contributed by atoms with van der Waals surface area (Å²) in [4.78, 5) is 27.4. The molecule has 2 amide bonds. The van der Waals surface area contributed by atoms with E-state index >= 15 is 0 Å². The van der Waals surface area contributed by atoms with Crippen LogP contribution in [0.2, 0.25) is 0 Å². The third kappa shape index (κ3) is 7.19. The fraction of sp³-hybridized carbons (Fsp3) is 0.394. The van der Waals surface area contributed by atoms with E-state index in [0.29, 0.717) is 37.2 Å². The molecule has 3 aromatic rings. The SMILES string of the molecule is Cc1cccc(OCCCC(=O)N2CC3C(c4c(-c5cccc(COC(=O)NCCS(=O)(=O)O)c5)cccc42)[C@H]3C)c1C. The Morgan fingerprint density at radius 2 is 1.84 bits per heavy atom. The van der Waals surface area contributed by atoms with Gasteiger partial charge in [0.2, 0.25) is 5.91 Å². The van der Waals surface area contributed by atoms with Crippen molar-refractivity contribution in [3.8, 4) is 16.9 Å². The van der Waals surface area contributed by atoms with Crippen LogP contribution in [0.5, 0.6) is 5.75 Å². The van der Waals surface area contributed by atoms with Crippen LogP contribution in [0.3, 0.4) is 0 Å². The van der Waals surface area contributed by atoms with Crippen molar-refractivity contribution in [3.05, 3.63) is 82.9 Å². The molecule has 0 spiro atoms. The highest BCUT2D eigenvalue weighted by atomic mass is 32.2. The first kappa shape index (κ1) is 30.6. The fourth-order valence-corrected chi connectivity index (χ4v) is 6.33. The van der Waals surface area contributed by atoms with Crippen LogP contribution in [-0.4, -0.2) is 50.4 Å². The lowest BCUT2D eigenvalue weighted by atomic mass is 9.90. The van der Waals surface area contributed by atoms with Gasteiger partial charge in [-0.15, -0.1) is 0 Å². The second-order valence-corrected chi connectivity index (χ2v) is 13.0. The predicted octanol–water partition coefficient (Wildman–Crippen LogP) is 5.64. The fourth-order valence-electron chi connectivity index (χ4n) is 5.97. The van der Waals surface area contributed by atoms with Crippen molar-refractivity contribution in [2.24, 2.45) is 11.8 Å². The number of anilines is 1. The van der Waals surface area contributed by atoms with Crippen LogP contribution in [0, 0.1) is 25.7 Å². The maximum atomic E-state index is 13.5. The van der Waals surface area contributed by atoms with E-state index in [1.54, 1.807) is 0 Å². The molecule has 2 unspecified atom stereocenters.